The number of unbranched alkanes of at least 4 members (excludes halogenated alkanes) is 1. The van der Waals surface area contributed by atoms with E-state index in [0.29, 0.717) is 6.42 Å². The first-order chi connectivity index (χ1) is 10.8. The summed E-state index contributed by atoms with van der Waals surface area (Å²) in [5.74, 6) is -5.55. The molecule has 0 amide bonds. The summed E-state index contributed by atoms with van der Waals surface area (Å²) in [5.41, 5.74) is -2.34. The van der Waals surface area contributed by atoms with Gasteiger partial charge in [0.05, 0.1) is 11.1 Å². The molecule has 124 valence electrons. The Labute approximate surface area is 131 Å². The molecule has 0 spiro atoms. The fourth-order valence-electron chi connectivity index (χ4n) is 1.92. The highest BCUT2D eigenvalue weighted by Crippen LogP contribution is 2.26. The molecule has 0 atom stereocenters. The van der Waals surface area contributed by atoms with Gasteiger partial charge in [-0.15, -0.1) is 0 Å². The van der Waals surface area contributed by atoms with E-state index in [9.17, 15) is 24.3 Å². The van der Waals surface area contributed by atoms with Gasteiger partial charge in [-0.25, -0.2) is 14.4 Å². The number of carbonyl (C=O) groups excluding carboxylic acids is 1. The Bertz CT molecular complexity index is 647. The predicted molar refractivity (Wildman–Crippen MR) is 77.3 cm³/mol. The second-order valence-corrected chi connectivity index (χ2v) is 4.71. The molecule has 3 N–H and O–H groups in total. The minimum Gasteiger partial charge on any atom is -0.485 e. The van der Waals surface area contributed by atoms with E-state index in [1.807, 2.05) is 6.92 Å². The predicted octanol–water partition coefficient (Wildman–Crippen LogP) is 1.92. The van der Waals surface area contributed by atoms with Gasteiger partial charge in [0.15, 0.2) is 5.78 Å². The van der Waals surface area contributed by atoms with E-state index < -0.39 is 41.2 Å². The maximum atomic E-state index is 11.6. The molecule has 23 heavy (non-hydrogen) atoms. The lowest BCUT2D eigenvalue weighted by Gasteiger charge is -2.12. The highest BCUT2D eigenvalue weighted by atomic mass is 16.5. The van der Waals surface area contributed by atoms with E-state index in [1.54, 1.807) is 0 Å². The van der Waals surface area contributed by atoms with Gasteiger partial charge in [-0.1, -0.05) is 13.3 Å². The van der Waals surface area contributed by atoms with Gasteiger partial charge >= 0.3 is 17.9 Å². The first kappa shape index (κ1) is 18.1. The lowest BCUT2D eigenvalue weighted by molar-refractivity contribution is -0.121. The summed E-state index contributed by atoms with van der Waals surface area (Å²) in [6.07, 6.45) is 1.73. The smallest absolute Gasteiger partial charge is 0.340 e. The van der Waals surface area contributed by atoms with Crippen LogP contribution in [0.5, 0.6) is 5.75 Å². The van der Waals surface area contributed by atoms with Crippen LogP contribution in [0.25, 0.3) is 0 Å². The van der Waals surface area contributed by atoms with E-state index in [4.69, 9.17) is 14.9 Å². The highest BCUT2D eigenvalue weighted by molar-refractivity contribution is 6.10. The summed E-state index contributed by atoms with van der Waals surface area (Å²) in [5, 5.41) is 27.3. The zero-order valence-corrected chi connectivity index (χ0v) is 12.4. The van der Waals surface area contributed by atoms with Crippen LogP contribution in [0.4, 0.5) is 0 Å². The molecule has 0 heterocycles. The molecule has 0 fully saturated rings. The van der Waals surface area contributed by atoms with Gasteiger partial charge in [0.2, 0.25) is 0 Å². The quantitative estimate of drug-likeness (QED) is 0.626. The largest absolute Gasteiger partial charge is 0.485 e. The Balaban J connectivity index is 3.21. The molecule has 0 aliphatic heterocycles. The third-order valence-corrected chi connectivity index (χ3v) is 3.02. The minimum atomic E-state index is -1.71. The van der Waals surface area contributed by atoms with Crippen molar-refractivity contribution in [2.24, 2.45) is 0 Å². The van der Waals surface area contributed by atoms with Gasteiger partial charge in [-0.05, 0) is 18.6 Å². The van der Waals surface area contributed by atoms with Crippen molar-refractivity contribution in [2.45, 2.75) is 26.2 Å². The average Bonchev–Trinajstić information content (AvgIpc) is 2.49. The Kier molecular flexibility index (Phi) is 6.25. The van der Waals surface area contributed by atoms with Crippen molar-refractivity contribution < 1.29 is 39.2 Å². The van der Waals surface area contributed by atoms with Crippen LogP contribution < -0.4 is 4.74 Å². The molecule has 1 aromatic carbocycles. The second-order valence-electron chi connectivity index (χ2n) is 4.71. The van der Waals surface area contributed by atoms with E-state index in [1.165, 1.54) is 0 Å². The SMILES string of the molecule is CCCCC(=O)COc1ccc(C(=O)O)c(C(=O)O)c1C(=O)O. The number of aromatic carboxylic acids is 3. The Hall–Kier alpha value is -2.90. The zero-order valence-electron chi connectivity index (χ0n) is 12.4. The minimum absolute atomic E-state index is 0.262. The van der Waals surface area contributed by atoms with E-state index in [0.717, 1.165) is 18.6 Å². The molecule has 0 radical (unpaired) electrons. The van der Waals surface area contributed by atoms with Crippen molar-refractivity contribution in [3.8, 4) is 5.75 Å². The van der Waals surface area contributed by atoms with E-state index in [-0.39, 0.29) is 18.0 Å². The van der Waals surface area contributed by atoms with Crippen LogP contribution in [0.3, 0.4) is 0 Å². The van der Waals surface area contributed by atoms with E-state index in [2.05, 4.69) is 0 Å². The van der Waals surface area contributed by atoms with Crippen molar-refractivity contribution in [3.05, 3.63) is 28.8 Å². The second kappa shape index (κ2) is 7.92. The molecule has 0 unspecified atom stereocenters. The van der Waals surface area contributed by atoms with Crippen molar-refractivity contribution in [2.75, 3.05) is 6.61 Å². The van der Waals surface area contributed by atoms with Gasteiger partial charge in [-0.3, -0.25) is 4.79 Å². The third-order valence-electron chi connectivity index (χ3n) is 3.02. The number of ketones is 1. The molecule has 0 aliphatic rings. The lowest BCUT2D eigenvalue weighted by atomic mass is 10.00. The van der Waals surface area contributed by atoms with Crippen LogP contribution in [0.2, 0.25) is 0 Å². The average molecular weight is 324 g/mol. The molecule has 0 saturated heterocycles. The van der Waals surface area contributed by atoms with Crippen molar-refractivity contribution in [1.82, 2.24) is 0 Å². The number of ether oxygens (including phenoxy) is 1. The number of carbonyl (C=O) groups is 4. The van der Waals surface area contributed by atoms with E-state index >= 15 is 0 Å². The molecule has 0 saturated carbocycles. The Morgan fingerprint density at radius 3 is 2.04 bits per heavy atom. The molecule has 1 aromatic rings. The number of carboxylic acids is 3. The molecule has 0 aliphatic carbocycles. The Morgan fingerprint density at radius 2 is 1.57 bits per heavy atom. The van der Waals surface area contributed by atoms with Crippen molar-refractivity contribution >= 4 is 23.7 Å². The summed E-state index contributed by atoms with van der Waals surface area (Å²) in [4.78, 5) is 45.2. The van der Waals surface area contributed by atoms with Crippen LogP contribution in [0, 0.1) is 0 Å². The van der Waals surface area contributed by atoms with Gasteiger partial charge < -0.3 is 20.1 Å². The van der Waals surface area contributed by atoms with Gasteiger partial charge in [0.1, 0.15) is 17.9 Å². The van der Waals surface area contributed by atoms with Crippen LogP contribution in [0.1, 0.15) is 57.3 Å². The van der Waals surface area contributed by atoms with Crippen LogP contribution in [-0.4, -0.2) is 45.6 Å². The first-order valence-electron chi connectivity index (χ1n) is 6.81. The summed E-state index contributed by atoms with van der Waals surface area (Å²) in [6, 6.07) is 1.97. The number of rotatable bonds is 9. The number of carboxylic acid groups (broad SMARTS) is 3. The number of hydrogen-bond donors (Lipinski definition) is 3. The molecular weight excluding hydrogens is 308 g/mol. The van der Waals surface area contributed by atoms with Crippen LogP contribution >= 0.6 is 0 Å². The fraction of sp³-hybridized carbons (Fsp3) is 0.333. The fourth-order valence-corrected chi connectivity index (χ4v) is 1.92. The van der Waals surface area contributed by atoms with Gasteiger partial charge in [0.25, 0.3) is 0 Å². The summed E-state index contributed by atoms with van der Waals surface area (Å²) < 4.78 is 5.10. The molecular formula is C15H16O8. The maximum absolute atomic E-state index is 11.6. The lowest BCUT2D eigenvalue weighted by Crippen LogP contribution is -2.18. The molecule has 8 nitrogen and oxygen atoms in total. The molecule has 0 aromatic heterocycles. The Morgan fingerprint density at radius 1 is 0.957 bits per heavy atom. The van der Waals surface area contributed by atoms with Crippen molar-refractivity contribution in [3.63, 3.8) is 0 Å². The summed E-state index contributed by atoms with van der Waals surface area (Å²) in [6.45, 7) is 1.49. The molecule has 8 heteroatoms. The maximum Gasteiger partial charge on any atom is 0.340 e. The van der Waals surface area contributed by atoms with Gasteiger partial charge in [-0.2, -0.15) is 0 Å². The zero-order chi connectivity index (χ0) is 17.6. The third kappa shape index (κ3) is 4.53. The number of hydrogen-bond acceptors (Lipinski definition) is 5. The standard InChI is InChI=1S/C15H16O8/c1-2-3-4-8(16)7-23-10-6-5-9(13(17)18)11(14(19)20)12(10)15(21)22/h5-6H,2-4,7H2,1H3,(H,17,18)(H,19,20)(H,21,22). The summed E-state index contributed by atoms with van der Waals surface area (Å²) in [7, 11) is 0. The normalized spacial score (nSPS) is 10.1. The topological polar surface area (TPSA) is 138 Å². The number of benzene rings is 1. The first-order valence-corrected chi connectivity index (χ1v) is 6.81. The van der Waals surface area contributed by atoms with Crippen LogP contribution in [-0.2, 0) is 4.79 Å². The molecule has 0 bridgehead atoms. The number of Topliss-reactive ketones (excluding diaryl/α,β-unsaturated/α-hetero) is 1. The molecule has 1 rings (SSSR count). The van der Waals surface area contributed by atoms with Gasteiger partial charge in [0, 0.05) is 6.42 Å². The highest BCUT2D eigenvalue weighted by Gasteiger charge is 2.28. The summed E-state index contributed by atoms with van der Waals surface area (Å²) >= 11 is 0. The van der Waals surface area contributed by atoms with Crippen molar-refractivity contribution in [1.29, 1.82) is 0 Å². The monoisotopic (exact) mass is 324 g/mol. The van der Waals surface area contributed by atoms with Crippen LogP contribution in [0.15, 0.2) is 12.1 Å².